The number of benzene rings is 2. The van der Waals surface area contributed by atoms with Crippen LogP contribution >= 0.6 is 0 Å². The van der Waals surface area contributed by atoms with Crippen LogP contribution in [0.2, 0.25) is 0 Å². The molecule has 1 saturated heterocycles. The van der Waals surface area contributed by atoms with Crippen LogP contribution in [0.4, 0.5) is 0 Å². The molecule has 0 radical (unpaired) electrons. The second-order valence-electron chi connectivity index (χ2n) is 7.10. The lowest BCUT2D eigenvalue weighted by Crippen LogP contribution is -2.51. The predicted molar refractivity (Wildman–Crippen MR) is 109 cm³/mol. The number of carbonyl (C=O) groups is 2. The average Bonchev–Trinajstić information content (AvgIpc) is 3.14. The Morgan fingerprint density at radius 2 is 1.48 bits per heavy atom. The van der Waals surface area contributed by atoms with E-state index >= 15 is 0 Å². The maximum atomic E-state index is 12.8. The predicted octanol–water partition coefficient (Wildman–Crippen LogP) is 3.18. The fourth-order valence-corrected chi connectivity index (χ4v) is 3.47. The summed E-state index contributed by atoms with van der Waals surface area (Å²) in [5, 5.41) is 0. The van der Waals surface area contributed by atoms with E-state index in [1.54, 1.807) is 9.80 Å². The molecule has 0 bridgehead atoms. The van der Waals surface area contributed by atoms with Crippen molar-refractivity contribution in [2.75, 3.05) is 26.2 Å². The largest absolute Gasteiger partial charge is 0.441 e. The second-order valence-corrected chi connectivity index (χ2v) is 7.10. The Morgan fingerprint density at radius 1 is 0.897 bits per heavy atom. The van der Waals surface area contributed by atoms with Crippen LogP contribution in [0, 0.1) is 6.92 Å². The summed E-state index contributed by atoms with van der Waals surface area (Å²) in [6, 6.07) is 18.9. The first-order valence-corrected chi connectivity index (χ1v) is 9.75. The van der Waals surface area contributed by atoms with Gasteiger partial charge in [-0.05, 0) is 31.2 Å². The van der Waals surface area contributed by atoms with Crippen molar-refractivity contribution in [3.63, 3.8) is 0 Å². The molecule has 2 heterocycles. The molecule has 3 aromatic rings. The third-order valence-electron chi connectivity index (χ3n) is 5.17. The molecule has 29 heavy (non-hydrogen) atoms. The maximum absolute atomic E-state index is 12.8. The van der Waals surface area contributed by atoms with Crippen LogP contribution in [0.15, 0.2) is 65.1 Å². The molecule has 0 atom stereocenters. The highest BCUT2D eigenvalue weighted by Gasteiger charge is 2.26. The molecule has 2 amide bonds. The van der Waals surface area contributed by atoms with Crippen LogP contribution in [0.5, 0.6) is 0 Å². The Hall–Kier alpha value is -3.41. The van der Waals surface area contributed by atoms with Crippen LogP contribution in [0.1, 0.15) is 21.8 Å². The van der Waals surface area contributed by atoms with Crippen molar-refractivity contribution in [2.45, 2.75) is 13.3 Å². The first-order chi connectivity index (χ1) is 14.1. The number of aromatic nitrogens is 1. The lowest BCUT2D eigenvalue weighted by Gasteiger charge is -2.34. The monoisotopic (exact) mass is 389 g/mol. The van der Waals surface area contributed by atoms with Gasteiger partial charge in [-0.1, -0.05) is 36.4 Å². The van der Waals surface area contributed by atoms with Gasteiger partial charge in [0.1, 0.15) is 5.76 Å². The summed E-state index contributed by atoms with van der Waals surface area (Å²) < 4.78 is 5.75. The van der Waals surface area contributed by atoms with Crippen molar-refractivity contribution < 1.29 is 14.0 Å². The van der Waals surface area contributed by atoms with Gasteiger partial charge in [-0.15, -0.1) is 0 Å². The maximum Gasteiger partial charge on any atom is 0.253 e. The first-order valence-electron chi connectivity index (χ1n) is 9.75. The van der Waals surface area contributed by atoms with Crippen molar-refractivity contribution in [3.05, 3.63) is 77.7 Å². The molecule has 1 aliphatic rings. The number of hydrogen-bond acceptors (Lipinski definition) is 4. The number of amides is 2. The van der Waals surface area contributed by atoms with Gasteiger partial charge in [0.05, 0.1) is 12.1 Å². The molecule has 6 nitrogen and oxygen atoms in total. The minimum atomic E-state index is 0.00724. The van der Waals surface area contributed by atoms with Gasteiger partial charge in [0.25, 0.3) is 5.91 Å². The van der Waals surface area contributed by atoms with Gasteiger partial charge >= 0.3 is 0 Å². The average molecular weight is 389 g/mol. The zero-order chi connectivity index (χ0) is 20.2. The molecule has 1 aromatic heterocycles. The molecule has 6 heteroatoms. The third kappa shape index (κ3) is 4.21. The lowest BCUT2D eigenvalue weighted by atomic mass is 10.1. The molecule has 1 aliphatic heterocycles. The van der Waals surface area contributed by atoms with E-state index in [1.807, 2.05) is 67.6 Å². The first kappa shape index (κ1) is 18.9. The van der Waals surface area contributed by atoms with Crippen molar-refractivity contribution in [2.24, 2.45) is 0 Å². The van der Waals surface area contributed by atoms with Gasteiger partial charge in [0, 0.05) is 37.3 Å². The number of oxazole rings is 1. The molecule has 0 aliphatic carbocycles. The summed E-state index contributed by atoms with van der Waals surface area (Å²) in [5.41, 5.74) is 2.23. The highest BCUT2D eigenvalue weighted by Crippen LogP contribution is 2.22. The fourth-order valence-electron chi connectivity index (χ4n) is 3.47. The highest BCUT2D eigenvalue weighted by atomic mass is 16.4. The topological polar surface area (TPSA) is 66.7 Å². The number of carbonyl (C=O) groups excluding carboxylic acids is 2. The summed E-state index contributed by atoms with van der Waals surface area (Å²) in [7, 11) is 0. The zero-order valence-corrected chi connectivity index (χ0v) is 16.4. The SMILES string of the molecule is Cc1oc(-c2ccccc2)nc1CC(=O)N1CCN(C(=O)c2ccccc2)CC1. The zero-order valence-electron chi connectivity index (χ0n) is 16.4. The van der Waals surface area contributed by atoms with E-state index in [-0.39, 0.29) is 18.2 Å². The summed E-state index contributed by atoms with van der Waals surface area (Å²) in [4.78, 5) is 33.4. The number of rotatable bonds is 4. The Bertz CT molecular complexity index is 991. The smallest absolute Gasteiger partial charge is 0.253 e. The van der Waals surface area contributed by atoms with Gasteiger partial charge in [-0.25, -0.2) is 4.98 Å². The standard InChI is InChI=1S/C23H23N3O3/c1-17-20(24-22(29-17)18-8-4-2-5-9-18)16-21(27)25-12-14-26(15-13-25)23(28)19-10-6-3-7-11-19/h2-11H,12-16H2,1H3. The third-order valence-corrected chi connectivity index (χ3v) is 5.17. The Morgan fingerprint density at radius 3 is 2.14 bits per heavy atom. The van der Waals surface area contributed by atoms with Crippen LogP contribution < -0.4 is 0 Å². The Labute approximate surface area is 169 Å². The highest BCUT2D eigenvalue weighted by molar-refractivity contribution is 5.94. The van der Waals surface area contributed by atoms with Crippen LogP contribution in [-0.2, 0) is 11.2 Å². The molecule has 2 aromatic carbocycles. The van der Waals surface area contributed by atoms with Crippen molar-refractivity contribution >= 4 is 11.8 Å². The van der Waals surface area contributed by atoms with Gasteiger partial charge in [0.15, 0.2) is 0 Å². The molecule has 4 rings (SSSR count). The lowest BCUT2D eigenvalue weighted by molar-refractivity contribution is -0.132. The summed E-state index contributed by atoms with van der Waals surface area (Å²) >= 11 is 0. The number of piperazine rings is 1. The minimum Gasteiger partial charge on any atom is -0.441 e. The number of hydrogen-bond donors (Lipinski definition) is 0. The molecule has 148 valence electrons. The van der Waals surface area contributed by atoms with Crippen LogP contribution in [0.3, 0.4) is 0 Å². The van der Waals surface area contributed by atoms with E-state index < -0.39 is 0 Å². The molecule has 0 N–H and O–H groups in total. The van der Waals surface area contributed by atoms with Crippen molar-refractivity contribution in [1.29, 1.82) is 0 Å². The van der Waals surface area contributed by atoms with E-state index in [4.69, 9.17) is 4.42 Å². The molecule has 0 spiro atoms. The fraction of sp³-hybridized carbons (Fsp3) is 0.261. The second kappa shape index (κ2) is 8.31. The summed E-state index contributed by atoms with van der Waals surface area (Å²) in [6.45, 7) is 3.96. The van der Waals surface area contributed by atoms with Crippen molar-refractivity contribution in [3.8, 4) is 11.5 Å². The Kier molecular flexibility index (Phi) is 5.42. The molecular weight excluding hydrogens is 366 g/mol. The van der Waals surface area contributed by atoms with Crippen molar-refractivity contribution in [1.82, 2.24) is 14.8 Å². The van der Waals surface area contributed by atoms with E-state index in [2.05, 4.69) is 4.98 Å². The molecule has 0 saturated carbocycles. The van der Waals surface area contributed by atoms with Gasteiger partial charge < -0.3 is 14.2 Å². The van der Waals surface area contributed by atoms with Crippen LogP contribution in [0.25, 0.3) is 11.5 Å². The van der Waals surface area contributed by atoms with Gasteiger partial charge in [0.2, 0.25) is 11.8 Å². The molecule has 0 unspecified atom stereocenters. The van der Waals surface area contributed by atoms with Gasteiger partial charge in [-0.2, -0.15) is 0 Å². The summed E-state index contributed by atoms with van der Waals surface area (Å²) in [6.07, 6.45) is 0.203. The molecular formula is C23H23N3O3. The minimum absolute atomic E-state index is 0.00724. The molecule has 1 fully saturated rings. The van der Waals surface area contributed by atoms with E-state index in [0.29, 0.717) is 49.1 Å². The van der Waals surface area contributed by atoms with E-state index in [1.165, 1.54) is 0 Å². The van der Waals surface area contributed by atoms with Gasteiger partial charge in [-0.3, -0.25) is 9.59 Å². The summed E-state index contributed by atoms with van der Waals surface area (Å²) in [5.74, 6) is 1.21. The Balaban J connectivity index is 1.36. The number of aryl methyl sites for hydroxylation is 1. The quantitative estimate of drug-likeness (QED) is 0.687. The van der Waals surface area contributed by atoms with E-state index in [9.17, 15) is 9.59 Å². The van der Waals surface area contributed by atoms with E-state index in [0.717, 1.165) is 5.56 Å². The normalized spacial score (nSPS) is 14.1. The van der Waals surface area contributed by atoms with Crippen LogP contribution in [-0.4, -0.2) is 52.8 Å². The number of nitrogens with zero attached hydrogens (tertiary/aromatic N) is 3.